The summed E-state index contributed by atoms with van der Waals surface area (Å²) in [6, 6.07) is 2.95. The molecule has 2 bridgehead atoms. The number of piperidine rings is 1. The van der Waals surface area contributed by atoms with Gasteiger partial charge in [-0.05, 0) is 32.7 Å². The number of hydrogen-bond donors (Lipinski definition) is 0. The van der Waals surface area contributed by atoms with Crippen LogP contribution in [0.5, 0.6) is 0 Å². The van der Waals surface area contributed by atoms with Crippen molar-refractivity contribution >= 4 is 23.2 Å². The van der Waals surface area contributed by atoms with E-state index in [1.54, 1.807) is 6.07 Å². The minimum atomic E-state index is 0.417. The van der Waals surface area contributed by atoms with Crippen LogP contribution in [-0.4, -0.2) is 34.0 Å². The Morgan fingerprint density at radius 3 is 2.18 bits per heavy atom. The standard InChI is InChI=1S/C12H15Cl2N3/c1-17-8-2-3-9(17)5-7(4-8)12-15-10(13)6-11(14)16-12/h6-9H,2-5H2,1H3. The minimum absolute atomic E-state index is 0.417. The van der Waals surface area contributed by atoms with Crippen molar-refractivity contribution in [3.63, 3.8) is 0 Å². The highest BCUT2D eigenvalue weighted by molar-refractivity contribution is 6.33. The first-order valence-electron chi connectivity index (χ1n) is 6.05. The molecule has 3 rings (SSSR count). The zero-order valence-corrected chi connectivity index (χ0v) is 11.2. The van der Waals surface area contributed by atoms with Gasteiger partial charge in [-0.3, -0.25) is 0 Å². The number of aromatic nitrogens is 2. The lowest BCUT2D eigenvalue weighted by Crippen LogP contribution is -2.39. The predicted octanol–water partition coefficient (Wildman–Crippen LogP) is 3.12. The summed E-state index contributed by atoms with van der Waals surface area (Å²) in [6.07, 6.45) is 4.85. The molecule has 0 aromatic carbocycles. The van der Waals surface area contributed by atoms with Crippen LogP contribution in [-0.2, 0) is 0 Å². The fraction of sp³-hybridized carbons (Fsp3) is 0.667. The van der Waals surface area contributed by atoms with Crippen LogP contribution in [0.25, 0.3) is 0 Å². The van der Waals surface area contributed by atoms with Crippen LogP contribution in [0.2, 0.25) is 10.3 Å². The summed E-state index contributed by atoms with van der Waals surface area (Å²) < 4.78 is 0. The van der Waals surface area contributed by atoms with Crippen LogP contribution >= 0.6 is 23.2 Å². The quantitative estimate of drug-likeness (QED) is 0.735. The van der Waals surface area contributed by atoms with Crippen LogP contribution in [0.15, 0.2) is 6.07 Å². The zero-order chi connectivity index (χ0) is 12.0. The highest BCUT2D eigenvalue weighted by atomic mass is 35.5. The van der Waals surface area contributed by atoms with E-state index in [9.17, 15) is 0 Å². The summed E-state index contributed by atoms with van der Waals surface area (Å²) >= 11 is 11.9. The van der Waals surface area contributed by atoms with Gasteiger partial charge in [0.1, 0.15) is 16.1 Å². The Labute approximate surface area is 111 Å². The molecule has 0 radical (unpaired) electrons. The maximum Gasteiger partial charge on any atom is 0.135 e. The molecule has 0 spiro atoms. The molecular weight excluding hydrogens is 257 g/mol. The van der Waals surface area contributed by atoms with Crippen LogP contribution < -0.4 is 0 Å². The fourth-order valence-electron chi connectivity index (χ4n) is 3.21. The second-order valence-electron chi connectivity index (χ2n) is 5.09. The largest absolute Gasteiger partial charge is 0.300 e. The van der Waals surface area contributed by atoms with E-state index in [2.05, 4.69) is 21.9 Å². The Balaban J connectivity index is 1.86. The lowest BCUT2D eigenvalue weighted by molar-refractivity contribution is 0.159. The average Bonchev–Trinajstić information content (AvgIpc) is 2.51. The van der Waals surface area contributed by atoms with Crippen molar-refractivity contribution in [1.82, 2.24) is 14.9 Å². The van der Waals surface area contributed by atoms with E-state index in [4.69, 9.17) is 23.2 Å². The van der Waals surface area contributed by atoms with Gasteiger partial charge in [-0.25, -0.2) is 9.97 Å². The first-order valence-corrected chi connectivity index (χ1v) is 6.81. The van der Waals surface area contributed by atoms with Gasteiger partial charge in [-0.2, -0.15) is 0 Å². The molecule has 2 unspecified atom stereocenters. The molecule has 3 heterocycles. The number of hydrogen-bond acceptors (Lipinski definition) is 3. The van der Waals surface area contributed by atoms with Crippen molar-refractivity contribution in [2.45, 2.75) is 43.7 Å². The zero-order valence-electron chi connectivity index (χ0n) is 9.74. The lowest BCUT2D eigenvalue weighted by atomic mass is 9.90. The Hall–Kier alpha value is -0.380. The molecule has 2 fully saturated rings. The van der Waals surface area contributed by atoms with Crippen molar-refractivity contribution in [1.29, 1.82) is 0 Å². The molecule has 0 amide bonds. The van der Waals surface area contributed by atoms with Gasteiger partial charge >= 0.3 is 0 Å². The molecule has 2 aliphatic rings. The summed E-state index contributed by atoms with van der Waals surface area (Å²) in [4.78, 5) is 11.2. The molecule has 1 aromatic heterocycles. The molecule has 2 saturated heterocycles. The third-order valence-corrected chi connectivity index (χ3v) is 4.53. The Morgan fingerprint density at radius 1 is 1.12 bits per heavy atom. The summed E-state index contributed by atoms with van der Waals surface area (Å²) in [6.45, 7) is 0. The molecule has 5 heteroatoms. The fourth-order valence-corrected chi connectivity index (χ4v) is 3.65. The van der Waals surface area contributed by atoms with Crippen molar-refractivity contribution in [2.75, 3.05) is 7.05 Å². The van der Waals surface area contributed by atoms with Gasteiger partial charge in [0.2, 0.25) is 0 Å². The third-order valence-electron chi connectivity index (χ3n) is 4.14. The van der Waals surface area contributed by atoms with Crippen molar-refractivity contribution in [3.8, 4) is 0 Å². The first-order chi connectivity index (χ1) is 8.13. The van der Waals surface area contributed by atoms with E-state index < -0.39 is 0 Å². The smallest absolute Gasteiger partial charge is 0.135 e. The van der Waals surface area contributed by atoms with E-state index in [1.165, 1.54) is 12.8 Å². The molecule has 0 N–H and O–H groups in total. The van der Waals surface area contributed by atoms with Gasteiger partial charge in [-0.1, -0.05) is 23.2 Å². The maximum absolute atomic E-state index is 5.94. The Morgan fingerprint density at radius 2 is 1.65 bits per heavy atom. The van der Waals surface area contributed by atoms with E-state index >= 15 is 0 Å². The third kappa shape index (κ3) is 2.16. The highest BCUT2D eigenvalue weighted by Crippen LogP contribution is 2.41. The Bertz CT molecular complexity index is 404. The summed E-state index contributed by atoms with van der Waals surface area (Å²) in [7, 11) is 2.23. The van der Waals surface area contributed by atoms with Crippen LogP contribution in [0, 0.1) is 0 Å². The van der Waals surface area contributed by atoms with E-state index in [1.807, 2.05) is 0 Å². The Kier molecular flexibility index (Phi) is 3.01. The number of halogens is 2. The first kappa shape index (κ1) is 11.7. The second-order valence-corrected chi connectivity index (χ2v) is 5.86. The topological polar surface area (TPSA) is 29.0 Å². The molecular formula is C12H15Cl2N3. The summed E-state index contributed by atoms with van der Waals surface area (Å²) in [5, 5.41) is 0.901. The van der Waals surface area contributed by atoms with Crippen molar-refractivity contribution < 1.29 is 0 Å². The SMILES string of the molecule is CN1C2CCC1CC(c1nc(Cl)cc(Cl)n1)C2. The van der Waals surface area contributed by atoms with Crippen LogP contribution in [0.4, 0.5) is 0 Å². The number of fused-ring (bicyclic) bond motifs is 2. The monoisotopic (exact) mass is 271 g/mol. The van der Waals surface area contributed by atoms with Gasteiger partial charge in [-0.15, -0.1) is 0 Å². The molecule has 0 saturated carbocycles. The molecule has 17 heavy (non-hydrogen) atoms. The molecule has 2 aliphatic heterocycles. The number of nitrogens with zero attached hydrogens (tertiary/aromatic N) is 3. The van der Waals surface area contributed by atoms with E-state index in [0.29, 0.717) is 28.3 Å². The minimum Gasteiger partial charge on any atom is -0.300 e. The van der Waals surface area contributed by atoms with Gasteiger partial charge < -0.3 is 4.90 Å². The van der Waals surface area contributed by atoms with E-state index in [-0.39, 0.29) is 0 Å². The van der Waals surface area contributed by atoms with Crippen molar-refractivity contribution in [3.05, 3.63) is 22.2 Å². The predicted molar refractivity (Wildman–Crippen MR) is 68.6 cm³/mol. The molecule has 1 aromatic rings. The van der Waals surface area contributed by atoms with E-state index in [0.717, 1.165) is 18.7 Å². The maximum atomic E-state index is 5.94. The van der Waals surface area contributed by atoms with Gasteiger partial charge in [0.05, 0.1) is 0 Å². The van der Waals surface area contributed by atoms with Crippen molar-refractivity contribution in [2.24, 2.45) is 0 Å². The summed E-state index contributed by atoms with van der Waals surface area (Å²) in [5.41, 5.74) is 0. The molecule has 92 valence electrons. The van der Waals surface area contributed by atoms with Gasteiger partial charge in [0.15, 0.2) is 0 Å². The lowest BCUT2D eigenvalue weighted by Gasteiger charge is -2.35. The second kappa shape index (κ2) is 4.38. The summed E-state index contributed by atoms with van der Waals surface area (Å²) in [5.74, 6) is 1.24. The molecule has 2 atom stereocenters. The highest BCUT2D eigenvalue weighted by Gasteiger charge is 2.39. The van der Waals surface area contributed by atoms with Crippen LogP contribution in [0.3, 0.4) is 0 Å². The van der Waals surface area contributed by atoms with Crippen LogP contribution in [0.1, 0.15) is 37.4 Å². The van der Waals surface area contributed by atoms with Gasteiger partial charge in [0, 0.05) is 24.1 Å². The normalized spacial score (nSPS) is 33.0. The average molecular weight is 272 g/mol. The van der Waals surface area contributed by atoms with Gasteiger partial charge in [0.25, 0.3) is 0 Å². The number of rotatable bonds is 1. The molecule has 3 nitrogen and oxygen atoms in total. The molecule has 0 aliphatic carbocycles.